The smallest absolute Gasteiger partial charge is 0.270 e. The maximum absolute atomic E-state index is 6.07. The zero-order chi connectivity index (χ0) is 20.6. The van der Waals surface area contributed by atoms with Gasteiger partial charge in [0.25, 0.3) is 5.17 Å². The lowest BCUT2D eigenvalue weighted by molar-refractivity contribution is 0.169. The van der Waals surface area contributed by atoms with Gasteiger partial charge in [-0.2, -0.15) is 0 Å². The molecule has 3 rings (SSSR count). The fourth-order valence-corrected chi connectivity index (χ4v) is 4.97. The number of aliphatic imine (C=N–C) groups is 1. The van der Waals surface area contributed by atoms with Crippen molar-refractivity contribution in [3.63, 3.8) is 0 Å². The van der Waals surface area contributed by atoms with E-state index in [1.165, 1.54) is 17.5 Å². The average Bonchev–Trinajstić information content (AvgIpc) is 3.05. The second-order valence-electron chi connectivity index (χ2n) is 9.63. The Morgan fingerprint density at radius 1 is 1.25 bits per heavy atom. The largest absolute Gasteiger partial charge is 0.493 e. The van der Waals surface area contributed by atoms with Gasteiger partial charge in [-0.15, -0.1) is 0 Å². The second-order valence-corrected chi connectivity index (χ2v) is 9.98. The van der Waals surface area contributed by atoms with Gasteiger partial charge in [-0.25, -0.2) is 0 Å². The molecule has 0 aromatic heterocycles. The first kappa shape index (κ1) is 21.1. The van der Waals surface area contributed by atoms with E-state index in [0.717, 1.165) is 18.7 Å². The van der Waals surface area contributed by atoms with Gasteiger partial charge in [0, 0.05) is 6.54 Å². The zero-order valence-electron chi connectivity index (χ0n) is 18.3. The molecule has 28 heavy (non-hydrogen) atoms. The summed E-state index contributed by atoms with van der Waals surface area (Å²) in [6.07, 6.45) is 4.04. The Hall–Kier alpha value is -1.62. The van der Waals surface area contributed by atoms with Crippen LogP contribution in [0.2, 0.25) is 0 Å². The minimum absolute atomic E-state index is 0.189. The molecule has 0 spiro atoms. The number of aryl methyl sites for hydroxylation is 1. The summed E-state index contributed by atoms with van der Waals surface area (Å²) in [6.45, 7) is 14.6. The Balaban J connectivity index is 1.94. The van der Waals surface area contributed by atoms with E-state index in [-0.39, 0.29) is 11.5 Å². The van der Waals surface area contributed by atoms with Crippen molar-refractivity contribution in [3.05, 3.63) is 23.3 Å². The maximum Gasteiger partial charge on any atom is 0.270 e. The molecule has 3 unspecified atom stereocenters. The lowest BCUT2D eigenvalue weighted by atomic mass is 9.61. The molecule has 2 aliphatic rings. The first-order chi connectivity index (χ1) is 13.1. The summed E-state index contributed by atoms with van der Waals surface area (Å²) in [5, 5.41) is 0.426. The van der Waals surface area contributed by atoms with E-state index < -0.39 is 0 Å². The van der Waals surface area contributed by atoms with Crippen molar-refractivity contribution in [2.75, 3.05) is 13.7 Å². The average molecular weight is 403 g/mol. The third-order valence-electron chi connectivity index (χ3n) is 6.08. The molecule has 1 aromatic rings. The highest BCUT2D eigenvalue weighted by atomic mass is 32.1. The number of nitrogens with zero attached hydrogens (tertiary/aromatic N) is 2. The normalized spacial score (nSPS) is 24.4. The van der Waals surface area contributed by atoms with Crippen molar-refractivity contribution in [1.82, 2.24) is 4.90 Å². The predicted molar refractivity (Wildman–Crippen MR) is 120 cm³/mol. The standard InChI is InChI=1S/C23H34N2O2S/c1-14(2)17-9-8-16-10-20(27-22(28)25-12-15(3)24-13-25)19(26-7)11-18(16)21(17)23(4,5)6/h10-11,13-15,17,21H,8-9,12H2,1-7H3. The highest BCUT2D eigenvalue weighted by Crippen LogP contribution is 2.51. The van der Waals surface area contributed by atoms with E-state index in [2.05, 4.69) is 58.7 Å². The van der Waals surface area contributed by atoms with Gasteiger partial charge < -0.3 is 9.47 Å². The molecule has 0 amide bonds. The van der Waals surface area contributed by atoms with Crippen LogP contribution in [0.4, 0.5) is 0 Å². The minimum atomic E-state index is 0.189. The van der Waals surface area contributed by atoms with E-state index in [1.807, 2.05) is 4.90 Å². The van der Waals surface area contributed by atoms with E-state index in [4.69, 9.17) is 21.7 Å². The van der Waals surface area contributed by atoms with Gasteiger partial charge in [-0.1, -0.05) is 34.6 Å². The number of hydrogen-bond donors (Lipinski definition) is 0. The molecule has 154 valence electrons. The van der Waals surface area contributed by atoms with Gasteiger partial charge in [-0.3, -0.25) is 9.89 Å². The molecular formula is C23H34N2O2S. The summed E-state index contributed by atoms with van der Waals surface area (Å²) in [5.74, 6) is 3.28. The van der Waals surface area contributed by atoms with Crippen LogP contribution in [0.1, 0.15) is 65.0 Å². The Morgan fingerprint density at radius 2 is 1.96 bits per heavy atom. The van der Waals surface area contributed by atoms with Gasteiger partial charge in [0.05, 0.1) is 19.5 Å². The quantitative estimate of drug-likeness (QED) is 0.631. The third-order valence-corrected chi connectivity index (χ3v) is 6.40. The highest BCUT2D eigenvalue weighted by molar-refractivity contribution is 7.80. The Bertz CT molecular complexity index is 767. The van der Waals surface area contributed by atoms with Gasteiger partial charge in [0.1, 0.15) is 0 Å². The topological polar surface area (TPSA) is 34.1 Å². The number of methoxy groups -OCH3 is 1. The highest BCUT2D eigenvalue weighted by Gasteiger charge is 2.39. The summed E-state index contributed by atoms with van der Waals surface area (Å²) >= 11 is 5.50. The van der Waals surface area contributed by atoms with Crippen LogP contribution >= 0.6 is 12.2 Å². The number of rotatable bonds is 3. The molecule has 0 N–H and O–H groups in total. The molecule has 1 aromatic carbocycles. The van der Waals surface area contributed by atoms with Crippen LogP contribution in [0.5, 0.6) is 11.5 Å². The van der Waals surface area contributed by atoms with E-state index in [9.17, 15) is 0 Å². The van der Waals surface area contributed by atoms with Crippen LogP contribution in [-0.2, 0) is 6.42 Å². The van der Waals surface area contributed by atoms with Crippen molar-refractivity contribution in [3.8, 4) is 11.5 Å². The Kier molecular flexibility index (Phi) is 6.04. The van der Waals surface area contributed by atoms with Crippen LogP contribution in [-0.4, -0.2) is 36.1 Å². The van der Waals surface area contributed by atoms with Crippen molar-refractivity contribution < 1.29 is 9.47 Å². The van der Waals surface area contributed by atoms with Crippen LogP contribution in [0.25, 0.3) is 0 Å². The third kappa shape index (κ3) is 4.19. The SMILES string of the molecule is COc1cc2c(cc1OC(=S)N1C=NC(C)C1)CCC(C(C)C)C2C(C)(C)C. The first-order valence-corrected chi connectivity index (χ1v) is 10.7. The number of fused-ring (bicyclic) bond motifs is 1. The molecule has 4 nitrogen and oxygen atoms in total. The van der Waals surface area contributed by atoms with Crippen LogP contribution in [0.15, 0.2) is 17.1 Å². The second kappa shape index (κ2) is 8.02. The number of hydrogen-bond acceptors (Lipinski definition) is 4. The molecule has 0 fully saturated rings. The zero-order valence-corrected chi connectivity index (χ0v) is 19.1. The van der Waals surface area contributed by atoms with Crippen molar-refractivity contribution >= 4 is 23.7 Å². The van der Waals surface area contributed by atoms with E-state index in [0.29, 0.717) is 28.7 Å². The van der Waals surface area contributed by atoms with Crippen LogP contribution < -0.4 is 9.47 Å². The molecule has 1 aliphatic carbocycles. The van der Waals surface area contributed by atoms with Crippen molar-refractivity contribution in [2.24, 2.45) is 22.2 Å². The molecule has 0 saturated carbocycles. The number of benzene rings is 1. The first-order valence-electron chi connectivity index (χ1n) is 10.3. The van der Waals surface area contributed by atoms with Gasteiger partial charge >= 0.3 is 0 Å². The maximum atomic E-state index is 6.07. The minimum Gasteiger partial charge on any atom is -0.493 e. The fourth-order valence-electron chi connectivity index (χ4n) is 4.76. The Morgan fingerprint density at radius 3 is 2.50 bits per heavy atom. The summed E-state index contributed by atoms with van der Waals surface area (Å²) in [7, 11) is 1.70. The van der Waals surface area contributed by atoms with Gasteiger partial charge in [0.15, 0.2) is 11.5 Å². The van der Waals surface area contributed by atoms with E-state index in [1.54, 1.807) is 13.4 Å². The molecule has 0 saturated heterocycles. The Labute approximate surface area is 175 Å². The fraction of sp³-hybridized carbons (Fsp3) is 0.652. The van der Waals surface area contributed by atoms with Crippen molar-refractivity contribution in [1.29, 1.82) is 0 Å². The lowest BCUT2D eigenvalue weighted by Gasteiger charge is -2.44. The summed E-state index contributed by atoms with van der Waals surface area (Å²) in [4.78, 5) is 6.24. The molecule has 5 heteroatoms. The lowest BCUT2D eigenvalue weighted by Crippen LogP contribution is -2.34. The summed E-state index contributed by atoms with van der Waals surface area (Å²) < 4.78 is 11.8. The van der Waals surface area contributed by atoms with E-state index >= 15 is 0 Å². The molecule has 0 bridgehead atoms. The summed E-state index contributed by atoms with van der Waals surface area (Å²) in [6, 6.07) is 4.58. The number of ether oxygens (including phenoxy) is 2. The molecule has 1 aliphatic heterocycles. The molecule has 3 atom stereocenters. The summed E-state index contributed by atoms with van der Waals surface area (Å²) in [5.41, 5.74) is 2.96. The van der Waals surface area contributed by atoms with Crippen LogP contribution in [0, 0.1) is 17.3 Å². The van der Waals surface area contributed by atoms with Gasteiger partial charge in [-0.05, 0) is 78.4 Å². The monoisotopic (exact) mass is 402 g/mol. The molecular weight excluding hydrogens is 368 g/mol. The van der Waals surface area contributed by atoms with Gasteiger partial charge in [0.2, 0.25) is 0 Å². The number of thiocarbonyl (C=S) groups is 1. The molecule has 0 radical (unpaired) electrons. The predicted octanol–water partition coefficient (Wildman–Crippen LogP) is 5.44. The van der Waals surface area contributed by atoms with Crippen LogP contribution in [0.3, 0.4) is 0 Å². The molecule has 1 heterocycles. The van der Waals surface area contributed by atoms with Crippen molar-refractivity contribution in [2.45, 2.75) is 66.3 Å².